The first-order chi connectivity index (χ1) is 13.9. The van der Waals surface area contributed by atoms with Crippen LogP contribution in [0, 0.1) is 0 Å². The summed E-state index contributed by atoms with van der Waals surface area (Å²) in [4.78, 5) is 12.3. The second kappa shape index (κ2) is 7.96. The second-order valence-corrected chi connectivity index (χ2v) is 9.05. The van der Waals surface area contributed by atoms with E-state index in [0.717, 1.165) is 5.56 Å². The zero-order valence-corrected chi connectivity index (χ0v) is 17.0. The Labute approximate surface area is 173 Å². The van der Waals surface area contributed by atoms with Crippen LogP contribution in [0.2, 0.25) is 5.02 Å². The number of carbonyl (C=O) groups is 1. The Morgan fingerprint density at radius 3 is 2.45 bits per heavy atom. The van der Waals surface area contributed by atoms with Crippen LogP contribution in [0.5, 0.6) is 11.5 Å². The number of carbonyl (C=O) groups excluding carboxylic acids is 1. The number of rotatable bonds is 4. The third-order valence-corrected chi connectivity index (χ3v) is 6.78. The van der Waals surface area contributed by atoms with Gasteiger partial charge in [0.05, 0.1) is 22.2 Å². The highest BCUT2D eigenvalue weighted by molar-refractivity contribution is 7.93. The molecule has 0 atom stereocenters. The average Bonchev–Trinajstić information content (AvgIpc) is 3.06. The highest BCUT2D eigenvalue weighted by Crippen LogP contribution is 2.38. The van der Waals surface area contributed by atoms with Crippen LogP contribution in [0.4, 0.5) is 11.4 Å². The van der Waals surface area contributed by atoms with Crippen LogP contribution in [0.25, 0.3) is 6.08 Å². The minimum absolute atomic E-state index is 0.178. The van der Waals surface area contributed by atoms with Crippen LogP contribution in [0.3, 0.4) is 0 Å². The summed E-state index contributed by atoms with van der Waals surface area (Å²) < 4.78 is 36.3. The van der Waals surface area contributed by atoms with Crippen LogP contribution >= 0.6 is 11.6 Å². The van der Waals surface area contributed by atoms with Gasteiger partial charge in [-0.25, -0.2) is 8.42 Å². The Balaban J connectivity index is 1.42. The number of hydrogen-bond donors (Lipinski definition) is 1. The fourth-order valence-corrected chi connectivity index (χ4v) is 4.95. The van der Waals surface area contributed by atoms with E-state index >= 15 is 0 Å². The summed E-state index contributed by atoms with van der Waals surface area (Å²) in [5.74, 6) is 0.911. The maximum absolute atomic E-state index is 12.3. The van der Waals surface area contributed by atoms with Crippen LogP contribution in [-0.4, -0.2) is 39.8 Å². The van der Waals surface area contributed by atoms with Gasteiger partial charge in [-0.1, -0.05) is 23.7 Å². The number of hydrogen-bond acceptors (Lipinski definition) is 5. The molecule has 0 saturated carbocycles. The predicted octanol–water partition coefficient (Wildman–Crippen LogP) is 3.30. The molecule has 1 amide bonds. The van der Waals surface area contributed by atoms with Gasteiger partial charge in [0.15, 0.2) is 11.5 Å². The minimum Gasteiger partial charge on any atom is -0.486 e. The predicted molar refractivity (Wildman–Crippen MR) is 112 cm³/mol. The quantitative estimate of drug-likeness (QED) is 0.746. The number of ether oxygens (including phenoxy) is 2. The summed E-state index contributed by atoms with van der Waals surface area (Å²) >= 11 is 6.20. The lowest BCUT2D eigenvalue weighted by Gasteiger charge is -2.19. The van der Waals surface area contributed by atoms with E-state index < -0.39 is 10.0 Å². The largest absolute Gasteiger partial charge is 0.486 e. The van der Waals surface area contributed by atoms with Gasteiger partial charge < -0.3 is 14.8 Å². The van der Waals surface area contributed by atoms with Crippen molar-refractivity contribution in [2.45, 2.75) is 6.42 Å². The lowest BCUT2D eigenvalue weighted by atomic mass is 10.2. The number of halogens is 1. The molecule has 0 bridgehead atoms. The third kappa shape index (κ3) is 4.33. The van der Waals surface area contributed by atoms with Gasteiger partial charge in [-0.2, -0.15) is 0 Å². The molecule has 0 aromatic heterocycles. The number of amides is 1. The van der Waals surface area contributed by atoms with Crippen LogP contribution in [0.15, 0.2) is 42.5 Å². The van der Waals surface area contributed by atoms with Gasteiger partial charge in [0, 0.05) is 24.8 Å². The monoisotopic (exact) mass is 434 g/mol. The standard InChI is InChI=1S/C20H19ClN2O5S/c21-16-12-18-19(28-10-9-27-18)13-17(16)22-20(24)7-4-14-2-5-15(6-3-14)23-8-1-11-29(23,25)26/h2-7,12-13H,1,8-11H2,(H,22,24)/b7-4+. The van der Waals surface area contributed by atoms with Gasteiger partial charge in [0.1, 0.15) is 13.2 Å². The Morgan fingerprint density at radius 2 is 1.79 bits per heavy atom. The molecule has 2 aliphatic rings. The van der Waals surface area contributed by atoms with E-state index in [4.69, 9.17) is 21.1 Å². The Morgan fingerprint density at radius 1 is 1.10 bits per heavy atom. The smallest absolute Gasteiger partial charge is 0.248 e. The zero-order chi connectivity index (χ0) is 20.4. The fraction of sp³-hybridized carbons (Fsp3) is 0.250. The lowest BCUT2D eigenvalue weighted by Crippen LogP contribution is -2.24. The maximum atomic E-state index is 12.3. The molecule has 1 fully saturated rings. The molecule has 29 heavy (non-hydrogen) atoms. The highest BCUT2D eigenvalue weighted by Gasteiger charge is 2.28. The summed E-state index contributed by atoms with van der Waals surface area (Å²) in [5, 5.41) is 3.07. The van der Waals surface area contributed by atoms with Crippen molar-refractivity contribution in [2.75, 3.05) is 35.1 Å². The van der Waals surface area contributed by atoms with Crippen molar-refractivity contribution in [3.8, 4) is 11.5 Å². The summed E-state index contributed by atoms with van der Waals surface area (Å²) in [6, 6.07) is 10.2. The Kier molecular flexibility index (Phi) is 5.38. The molecule has 1 N–H and O–H groups in total. The fourth-order valence-electron chi connectivity index (χ4n) is 3.19. The highest BCUT2D eigenvalue weighted by atomic mass is 35.5. The topological polar surface area (TPSA) is 84.9 Å². The first kappa shape index (κ1) is 19.6. The average molecular weight is 435 g/mol. The van der Waals surface area contributed by atoms with Gasteiger partial charge in [-0.05, 0) is 30.2 Å². The van der Waals surface area contributed by atoms with Crippen LogP contribution in [0.1, 0.15) is 12.0 Å². The van der Waals surface area contributed by atoms with Crippen LogP contribution in [-0.2, 0) is 14.8 Å². The molecule has 0 unspecified atom stereocenters. The van der Waals surface area contributed by atoms with Gasteiger partial charge in [-0.3, -0.25) is 9.10 Å². The van der Waals surface area contributed by atoms with E-state index in [-0.39, 0.29) is 11.7 Å². The van der Waals surface area contributed by atoms with Crippen LogP contribution < -0.4 is 19.1 Å². The van der Waals surface area contributed by atoms with Crippen molar-refractivity contribution in [3.63, 3.8) is 0 Å². The van der Waals surface area contributed by atoms with E-state index in [0.29, 0.717) is 54.1 Å². The summed E-state index contributed by atoms with van der Waals surface area (Å²) in [6.07, 6.45) is 3.66. The summed E-state index contributed by atoms with van der Waals surface area (Å²) in [6.45, 7) is 1.40. The van der Waals surface area contributed by atoms with E-state index in [9.17, 15) is 13.2 Å². The van der Waals surface area contributed by atoms with Gasteiger partial charge in [0.25, 0.3) is 0 Å². The summed E-state index contributed by atoms with van der Waals surface area (Å²) in [5.41, 5.74) is 1.83. The van der Waals surface area contributed by atoms with Crippen molar-refractivity contribution in [1.29, 1.82) is 0 Å². The lowest BCUT2D eigenvalue weighted by molar-refractivity contribution is -0.111. The zero-order valence-electron chi connectivity index (χ0n) is 15.4. The van der Waals surface area contributed by atoms with Crippen molar-refractivity contribution < 1.29 is 22.7 Å². The molecule has 0 radical (unpaired) electrons. The maximum Gasteiger partial charge on any atom is 0.248 e. The van der Waals surface area contributed by atoms with E-state index in [1.165, 1.54) is 10.4 Å². The Hall–Kier alpha value is -2.71. The molecular weight excluding hydrogens is 416 g/mol. The molecule has 2 aromatic rings. The normalized spacial score (nSPS) is 17.5. The first-order valence-corrected chi connectivity index (χ1v) is 11.1. The first-order valence-electron chi connectivity index (χ1n) is 9.11. The minimum atomic E-state index is -3.20. The van der Waals surface area contributed by atoms with Crippen molar-refractivity contribution in [2.24, 2.45) is 0 Å². The number of fused-ring (bicyclic) bond motifs is 1. The molecule has 0 aliphatic carbocycles. The molecule has 4 rings (SSSR count). The second-order valence-electron chi connectivity index (χ2n) is 6.63. The number of nitrogens with one attached hydrogen (secondary N) is 1. The van der Waals surface area contributed by atoms with Gasteiger partial charge in [-0.15, -0.1) is 0 Å². The molecule has 2 aromatic carbocycles. The van der Waals surface area contributed by atoms with Gasteiger partial charge >= 0.3 is 0 Å². The molecule has 152 valence electrons. The van der Waals surface area contributed by atoms with Crippen molar-refractivity contribution in [3.05, 3.63) is 53.1 Å². The number of sulfonamides is 1. The number of nitrogens with zero attached hydrogens (tertiary/aromatic N) is 1. The third-order valence-electron chi connectivity index (χ3n) is 4.60. The van der Waals surface area contributed by atoms with Crippen molar-refractivity contribution >= 4 is 45.0 Å². The number of anilines is 2. The van der Waals surface area contributed by atoms with Crippen molar-refractivity contribution in [1.82, 2.24) is 0 Å². The summed E-state index contributed by atoms with van der Waals surface area (Å²) in [7, 11) is -3.20. The molecule has 2 aliphatic heterocycles. The molecule has 1 saturated heterocycles. The van der Waals surface area contributed by atoms with E-state index in [1.54, 1.807) is 42.5 Å². The molecule has 7 nitrogen and oxygen atoms in total. The molecule has 9 heteroatoms. The van der Waals surface area contributed by atoms with E-state index in [2.05, 4.69) is 5.32 Å². The van der Waals surface area contributed by atoms with E-state index in [1.807, 2.05) is 0 Å². The Bertz CT molecular complexity index is 1070. The molecule has 0 spiro atoms. The molecular formula is C20H19ClN2O5S. The molecule has 2 heterocycles. The van der Waals surface area contributed by atoms with Gasteiger partial charge in [0.2, 0.25) is 15.9 Å². The SMILES string of the molecule is O=C(/C=C/c1ccc(N2CCCS2(=O)=O)cc1)Nc1cc2c(cc1Cl)OCCO2. The number of benzene rings is 2.